The van der Waals surface area contributed by atoms with Crippen molar-refractivity contribution < 1.29 is 0 Å². The highest BCUT2D eigenvalue weighted by Crippen LogP contribution is 2.20. The summed E-state index contributed by atoms with van der Waals surface area (Å²) in [4.78, 5) is 7.21. The average Bonchev–Trinajstić information content (AvgIpc) is 2.45. The van der Waals surface area contributed by atoms with E-state index in [1.165, 1.54) is 0 Å². The number of benzene rings is 1. The van der Waals surface area contributed by atoms with Crippen LogP contribution in [0.25, 0.3) is 10.9 Å². The predicted molar refractivity (Wildman–Crippen MR) is 93.9 cm³/mol. The predicted octanol–water partition coefficient (Wildman–Crippen LogP) is 2.62. The quantitative estimate of drug-likeness (QED) is 0.608. The summed E-state index contributed by atoms with van der Waals surface area (Å²) < 4.78 is 0. The van der Waals surface area contributed by atoms with Crippen LogP contribution in [-0.4, -0.2) is 42.1 Å². The molecular formula is C16H22N4S. The van der Waals surface area contributed by atoms with Gasteiger partial charge in [-0.3, -0.25) is 0 Å². The molecule has 3 N–H and O–H groups in total. The van der Waals surface area contributed by atoms with Gasteiger partial charge in [-0.15, -0.1) is 0 Å². The SMILES string of the molecule is CN(C)CCCCNc1cc(C(N)=S)c2ccccc2n1. The van der Waals surface area contributed by atoms with Crippen LogP contribution < -0.4 is 11.1 Å². The van der Waals surface area contributed by atoms with Crippen LogP contribution in [0.4, 0.5) is 5.82 Å². The second kappa shape index (κ2) is 7.33. The summed E-state index contributed by atoms with van der Waals surface area (Å²) in [5, 5.41) is 4.36. The summed E-state index contributed by atoms with van der Waals surface area (Å²) >= 11 is 5.15. The topological polar surface area (TPSA) is 54.2 Å². The van der Waals surface area contributed by atoms with E-state index >= 15 is 0 Å². The zero-order valence-corrected chi connectivity index (χ0v) is 13.4. The minimum Gasteiger partial charge on any atom is -0.389 e. The number of nitrogens with two attached hydrogens (primary N) is 1. The van der Waals surface area contributed by atoms with Crippen molar-refractivity contribution in [2.24, 2.45) is 5.73 Å². The Kier molecular flexibility index (Phi) is 5.47. The fourth-order valence-corrected chi connectivity index (χ4v) is 2.41. The molecule has 2 aromatic rings. The van der Waals surface area contributed by atoms with Crippen molar-refractivity contribution in [1.29, 1.82) is 0 Å². The fraction of sp³-hybridized carbons (Fsp3) is 0.375. The summed E-state index contributed by atoms with van der Waals surface area (Å²) in [5.41, 5.74) is 7.63. The first-order valence-electron chi connectivity index (χ1n) is 7.16. The lowest BCUT2D eigenvalue weighted by Crippen LogP contribution is -2.15. The van der Waals surface area contributed by atoms with Crippen LogP contribution in [0, 0.1) is 0 Å². The van der Waals surface area contributed by atoms with Crippen molar-refractivity contribution in [2.75, 3.05) is 32.5 Å². The van der Waals surface area contributed by atoms with Gasteiger partial charge in [0, 0.05) is 17.5 Å². The van der Waals surface area contributed by atoms with Gasteiger partial charge >= 0.3 is 0 Å². The minimum atomic E-state index is 0.407. The van der Waals surface area contributed by atoms with Gasteiger partial charge in [-0.25, -0.2) is 4.98 Å². The summed E-state index contributed by atoms with van der Waals surface area (Å²) in [7, 11) is 4.18. The van der Waals surface area contributed by atoms with E-state index in [9.17, 15) is 0 Å². The molecule has 21 heavy (non-hydrogen) atoms. The van der Waals surface area contributed by atoms with Crippen LogP contribution in [0.15, 0.2) is 30.3 Å². The van der Waals surface area contributed by atoms with Crippen LogP contribution >= 0.6 is 12.2 Å². The highest BCUT2D eigenvalue weighted by atomic mass is 32.1. The molecule has 0 unspecified atom stereocenters. The van der Waals surface area contributed by atoms with Crippen molar-refractivity contribution in [3.63, 3.8) is 0 Å². The van der Waals surface area contributed by atoms with Gasteiger partial charge in [-0.05, 0) is 45.6 Å². The molecule has 1 aromatic heterocycles. The molecule has 0 saturated heterocycles. The first-order chi connectivity index (χ1) is 10.1. The third kappa shape index (κ3) is 4.37. The van der Waals surface area contributed by atoms with Crippen LogP contribution in [0.5, 0.6) is 0 Å². The van der Waals surface area contributed by atoms with E-state index in [1.807, 2.05) is 30.3 Å². The van der Waals surface area contributed by atoms with Gasteiger partial charge in [0.2, 0.25) is 0 Å². The number of nitrogens with one attached hydrogen (secondary N) is 1. The van der Waals surface area contributed by atoms with Crippen LogP contribution in [0.1, 0.15) is 18.4 Å². The Bertz CT molecular complexity index is 625. The molecule has 5 heteroatoms. The van der Waals surface area contributed by atoms with E-state index in [0.29, 0.717) is 4.99 Å². The molecule has 0 amide bonds. The van der Waals surface area contributed by atoms with E-state index in [0.717, 1.165) is 48.2 Å². The van der Waals surface area contributed by atoms with Crippen LogP contribution in [0.2, 0.25) is 0 Å². The second-order valence-electron chi connectivity index (χ2n) is 5.37. The monoisotopic (exact) mass is 302 g/mol. The number of para-hydroxylation sites is 1. The molecule has 4 nitrogen and oxygen atoms in total. The summed E-state index contributed by atoms with van der Waals surface area (Å²) in [6.07, 6.45) is 2.27. The summed E-state index contributed by atoms with van der Waals surface area (Å²) in [6.45, 7) is 2.00. The Balaban J connectivity index is 2.08. The maximum absolute atomic E-state index is 5.83. The number of rotatable bonds is 7. The number of fused-ring (bicyclic) bond motifs is 1. The molecule has 0 aliphatic carbocycles. The van der Waals surface area contributed by atoms with Crippen molar-refractivity contribution in [3.05, 3.63) is 35.9 Å². The molecule has 0 bridgehead atoms. The Morgan fingerprint density at radius 2 is 2.05 bits per heavy atom. The Morgan fingerprint density at radius 3 is 2.76 bits per heavy atom. The van der Waals surface area contributed by atoms with Crippen molar-refractivity contribution in [3.8, 4) is 0 Å². The molecule has 1 aromatic carbocycles. The third-order valence-electron chi connectivity index (χ3n) is 3.32. The molecule has 112 valence electrons. The molecule has 0 atom stereocenters. The first kappa shape index (κ1) is 15.7. The molecule has 1 heterocycles. The highest BCUT2D eigenvalue weighted by molar-refractivity contribution is 7.80. The first-order valence-corrected chi connectivity index (χ1v) is 7.57. The van der Waals surface area contributed by atoms with E-state index < -0.39 is 0 Å². The number of anilines is 1. The van der Waals surface area contributed by atoms with Gasteiger partial charge in [0.15, 0.2) is 0 Å². The van der Waals surface area contributed by atoms with Gasteiger partial charge in [-0.1, -0.05) is 30.4 Å². The Hall–Kier alpha value is -1.72. The number of aromatic nitrogens is 1. The zero-order chi connectivity index (χ0) is 15.2. The van der Waals surface area contributed by atoms with Crippen LogP contribution in [0.3, 0.4) is 0 Å². The number of pyridine rings is 1. The van der Waals surface area contributed by atoms with Crippen LogP contribution in [-0.2, 0) is 0 Å². The van der Waals surface area contributed by atoms with Gasteiger partial charge < -0.3 is 16.0 Å². The summed E-state index contributed by atoms with van der Waals surface area (Å²) in [6, 6.07) is 9.86. The van der Waals surface area contributed by atoms with Crippen molar-refractivity contribution >= 4 is 33.9 Å². The van der Waals surface area contributed by atoms with E-state index in [1.54, 1.807) is 0 Å². The lowest BCUT2D eigenvalue weighted by Gasteiger charge is -2.11. The largest absolute Gasteiger partial charge is 0.389 e. The number of unbranched alkanes of at least 4 members (excludes halogenated alkanes) is 1. The second-order valence-corrected chi connectivity index (χ2v) is 5.81. The van der Waals surface area contributed by atoms with Gasteiger partial charge in [0.05, 0.1) is 5.52 Å². The van der Waals surface area contributed by atoms with E-state index in [-0.39, 0.29) is 0 Å². The maximum atomic E-state index is 5.83. The normalized spacial score (nSPS) is 11.0. The molecule has 0 aliphatic heterocycles. The lowest BCUT2D eigenvalue weighted by molar-refractivity contribution is 0.396. The van der Waals surface area contributed by atoms with Gasteiger partial charge in [0.25, 0.3) is 0 Å². The minimum absolute atomic E-state index is 0.407. The fourth-order valence-electron chi connectivity index (χ4n) is 2.24. The number of hydrogen-bond donors (Lipinski definition) is 2. The summed E-state index contributed by atoms with van der Waals surface area (Å²) in [5.74, 6) is 0.835. The average molecular weight is 302 g/mol. The molecule has 0 spiro atoms. The van der Waals surface area contributed by atoms with Crippen molar-refractivity contribution in [2.45, 2.75) is 12.8 Å². The Labute approximate surface area is 131 Å². The standard InChI is InChI=1S/C16H22N4S/c1-20(2)10-6-5-9-18-15-11-13(16(17)21)12-7-3-4-8-14(12)19-15/h3-4,7-8,11H,5-6,9-10H2,1-2H3,(H2,17,21)(H,18,19). The maximum Gasteiger partial charge on any atom is 0.127 e. The molecule has 0 aliphatic rings. The van der Waals surface area contributed by atoms with Crippen molar-refractivity contribution in [1.82, 2.24) is 9.88 Å². The molecular weight excluding hydrogens is 280 g/mol. The zero-order valence-electron chi connectivity index (χ0n) is 12.6. The number of thiocarbonyl (C=S) groups is 1. The lowest BCUT2D eigenvalue weighted by atomic mass is 10.1. The number of hydrogen-bond acceptors (Lipinski definition) is 4. The smallest absolute Gasteiger partial charge is 0.127 e. The molecule has 2 rings (SSSR count). The van der Waals surface area contributed by atoms with Gasteiger partial charge in [0.1, 0.15) is 10.8 Å². The number of nitrogens with zero attached hydrogens (tertiary/aromatic N) is 2. The third-order valence-corrected chi connectivity index (χ3v) is 3.54. The van der Waals surface area contributed by atoms with E-state index in [4.69, 9.17) is 18.0 Å². The molecule has 0 radical (unpaired) electrons. The molecule has 0 saturated carbocycles. The van der Waals surface area contributed by atoms with E-state index in [2.05, 4.69) is 29.3 Å². The Morgan fingerprint density at radius 1 is 1.29 bits per heavy atom. The van der Waals surface area contributed by atoms with Gasteiger partial charge in [-0.2, -0.15) is 0 Å². The highest BCUT2D eigenvalue weighted by Gasteiger charge is 2.07. The molecule has 0 fully saturated rings.